The first kappa shape index (κ1) is 16.9. The number of hydrogen-bond donors (Lipinski definition) is 1. The molecule has 126 valence electrons. The van der Waals surface area contributed by atoms with E-state index in [0.29, 0.717) is 12.2 Å². The molecule has 0 saturated carbocycles. The predicted octanol–water partition coefficient (Wildman–Crippen LogP) is 2.66. The molecule has 0 bridgehead atoms. The van der Waals surface area contributed by atoms with Crippen molar-refractivity contribution >= 4 is 38.8 Å². The summed E-state index contributed by atoms with van der Waals surface area (Å²) in [5.74, 6) is 0.0152. The van der Waals surface area contributed by atoms with Gasteiger partial charge in [0.15, 0.2) is 5.65 Å². The molecule has 0 aliphatic carbocycles. The molecule has 0 fully saturated rings. The van der Waals surface area contributed by atoms with Gasteiger partial charge in [0, 0.05) is 44.8 Å². The van der Waals surface area contributed by atoms with Crippen LogP contribution in [0, 0.1) is 13.8 Å². The third-order valence-electron chi connectivity index (χ3n) is 3.97. The van der Waals surface area contributed by atoms with Crippen LogP contribution in [0.5, 0.6) is 0 Å². The number of hydrogen-bond acceptors (Lipinski definition) is 4. The summed E-state index contributed by atoms with van der Waals surface area (Å²) in [6.45, 7) is 4.32. The number of rotatable bonds is 4. The van der Waals surface area contributed by atoms with Gasteiger partial charge in [-0.15, -0.1) is 11.3 Å². The number of H-pyrrole nitrogens is 1. The van der Waals surface area contributed by atoms with Gasteiger partial charge in [0.05, 0.1) is 13.0 Å². The Morgan fingerprint density at radius 3 is 2.83 bits per heavy atom. The number of aryl methyl sites for hydroxylation is 2. The van der Waals surface area contributed by atoms with E-state index >= 15 is 0 Å². The molecule has 3 aromatic heterocycles. The molecule has 8 heteroatoms. The molecule has 0 atom stereocenters. The van der Waals surface area contributed by atoms with Crippen molar-refractivity contribution in [3.63, 3.8) is 0 Å². The van der Waals surface area contributed by atoms with Crippen molar-refractivity contribution in [2.75, 3.05) is 7.05 Å². The number of amides is 1. The molecule has 3 heterocycles. The number of halogens is 1. The van der Waals surface area contributed by atoms with Crippen LogP contribution in [0.2, 0.25) is 0 Å². The Labute approximate surface area is 151 Å². The number of carbonyl (C=O) groups excluding carboxylic acids is 1. The van der Waals surface area contributed by atoms with Gasteiger partial charge in [-0.3, -0.25) is 14.7 Å². The highest BCUT2D eigenvalue weighted by Gasteiger charge is 2.17. The van der Waals surface area contributed by atoms with Crippen LogP contribution >= 0.6 is 27.3 Å². The van der Waals surface area contributed by atoms with Crippen molar-refractivity contribution in [3.05, 3.63) is 54.2 Å². The first-order valence-corrected chi connectivity index (χ1v) is 9.07. The maximum Gasteiger partial charge on any atom is 0.266 e. The van der Waals surface area contributed by atoms with Crippen molar-refractivity contribution in [1.82, 2.24) is 19.5 Å². The zero-order chi connectivity index (χ0) is 17.4. The van der Waals surface area contributed by atoms with Crippen molar-refractivity contribution in [1.29, 1.82) is 0 Å². The van der Waals surface area contributed by atoms with E-state index in [-0.39, 0.29) is 17.9 Å². The Balaban J connectivity index is 1.83. The third-order valence-corrected chi connectivity index (χ3v) is 5.65. The number of aromatic amines is 1. The van der Waals surface area contributed by atoms with Crippen LogP contribution in [0.25, 0.3) is 5.65 Å². The summed E-state index contributed by atoms with van der Waals surface area (Å²) < 4.78 is 2.66. The van der Waals surface area contributed by atoms with Crippen LogP contribution in [0.4, 0.5) is 0 Å². The summed E-state index contributed by atoms with van der Waals surface area (Å²) in [7, 11) is 1.80. The van der Waals surface area contributed by atoms with E-state index in [9.17, 15) is 9.59 Å². The Morgan fingerprint density at radius 1 is 1.42 bits per heavy atom. The first-order chi connectivity index (χ1) is 11.3. The molecule has 0 aliphatic heterocycles. The molecule has 1 N–H and O–H groups in total. The van der Waals surface area contributed by atoms with Crippen molar-refractivity contribution in [3.8, 4) is 0 Å². The lowest BCUT2D eigenvalue weighted by atomic mass is 10.1. The number of aromatic nitrogens is 3. The van der Waals surface area contributed by atoms with Crippen molar-refractivity contribution in [2.45, 2.75) is 26.8 Å². The van der Waals surface area contributed by atoms with Crippen molar-refractivity contribution < 1.29 is 4.79 Å². The lowest BCUT2D eigenvalue weighted by molar-refractivity contribution is -0.129. The Bertz CT molecular complexity index is 972. The fraction of sp³-hybridized carbons (Fsp3) is 0.312. The highest BCUT2D eigenvalue weighted by molar-refractivity contribution is 9.10. The quantitative estimate of drug-likeness (QED) is 0.721. The fourth-order valence-corrected chi connectivity index (χ4v) is 4.16. The largest absolute Gasteiger partial charge is 0.340 e. The zero-order valence-electron chi connectivity index (χ0n) is 13.6. The van der Waals surface area contributed by atoms with Gasteiger partial charge in [0.2, 0.25) is 5.91 Å². The minimum absolute atomic E-state index is 0.0152. The second-order valence-corrected chi connectivity index (χ2v) is 7.64. The van der Waals surface area contributed by atoms with Gasteiger partial charge < -0.3 is 4.90 Å². The topological polar surface area (TPSA) is 70.5 Å². The molecule has 1 amide bonds. The summed E-state index contributed by atoms with van der Waals surface area (Å²) in [5.41, 5.74) is 2.82. The van der Waals surface area contributed by atoms with Crippen LogP contribution in [-0.2, 0) is 17.8 Å². The van der Waals surface area contributed by atoms with Gasteiger partial charge in [0.25, 0.3) is 5.56 Å². The molecule has 0 radical (unpaired) electrons. The average Bonchev–Trinajstić information content (AvgIpc) is 3.08. The lowest BCUT2D eigenvalue weighted by Gasteiger charge is -2.18. The van der Waals surface area contributed by atoms with E-state index < -0.39 is 0 Å². The summed E-state index contributed by atoms with van der Waals surface area (Å²) in [4.78, 5) is 31.3. The number of carbonyl (C=O) groups is 1. The number of likely N-dealkylation sites (N-methyl/N-ethyl adjacent to an activating group) is 1. The van der Waals surface area contributed by atoms with Gasteiger partial charge >= 0.3 is 0 Å². The normalized spacial score (nSPS) is 11.2. The number of nitrogens with one attached hydrogen (secondary N) is 1. The summed E-state index contributed by atoms with van der Waals surface area (Å²) in [6, 6.07) is 3.47. The second-order valence-electron chi connectivity index (χ2n) is 5.73. The lowest BCUT2D eigenvalue weighted by Crippen LogP contribution is -2.28. The molecule has 0 aliphatic rings. The molecule has 0 aromatic carbocycles. The molecule has 6 nitrogen and oxygen atoms in total. The van der Waals surface area contributed by atoms with Crippen LogP contribution in [-0.4, -0.2) is 32.5 Å². The van der Waals surface area contributed by atoms with Crippen molar-refractivity contribution in [2.24, 2.45) is 0 Å². The SMILES string of the molecule is Cc1nc2cc(=O)[nH]n2c(C)c1CC(=O)N(C)Cc1cc(Br)cs1. The first-order valence-electron chi connectivity index (χ1n) is 7.40. The molecule has 3 rings (SSSR count). The third kappa shape index (κ3) is 3.29. The smallest absolute Gasteiger partial charge is 0.266 e. The minimum Gasteiger partial charge on any atom is -0.340 e. The van der Waals surface area contributed by atoms with Crippen LogP contribution in [0.15, 0.2) is 26.8 Å². The van der Waals surface area contributed by atoms with E-state index in [1.807, 2.05) is 25.3 Å². The summed E-state index contributed by atoms with van der Waals surface area (Å²) in [6.07, 6.45) is 0.254. The maximum atomic E-state index is 12.6. The van der Waals surface area contributed by atoms with E-state index in [1.54, 1.807) is 27.8 Å². The van der Waals surface area contributed by atoms with Gasteiger partial charge in [-0.1, -0.05) is 0 Å². The molecule has 24 heavy (non-hydrogen) atoms. The molecular formula is C16H17BrN4O2S. The molecule has 0 saturated heterocycles. The van der Waals surface area contributed by atoms with Gasteiger partial charge in [-0.05, 0) is 35.8 Å². The van der Waals surface area contributed by atoms with Gasteiger partial charge in [0.1, 0.15) is 0 Å². The Morgan fingerprint density at radius 2 is 2.17 bits per heavy atom. The number of fused-ring (bicyclic) bond motifs is 1. The second kappa shape index (κ2) is 6.52. The van der Waals surface area contributed by atoms with E-state index in [4.69, 9.17) is 0 Å². The zero-order valence-corrected chi connectivity index (χ0v) is 16.0. The monoisotopic (exact) mass is 408 g/mol. The highest BCUT2D eigenvalue weighted by atomic mass is 79.9. The van der Waals surface area contributed by atoms with Gasteiger partial charge in [-0.2, -0.15) is 0 Å². The maximum absolute atomic E-state index is 12.6. The fourth-order valence-electron chi connectivity index (χ4n) is 2.66. The molecule has 3 aromatic rings. The number of nitrogens with zero attached hydrogens (tertiary/aromatic N) is 3. The van der Waals surface area contributed by atoms with Gasteiger partial charge in [-0.25, -0.2) is 9.50 Å². The van der Waals surface area contributed by atoms with Crippen LogP contribution < -0.4 is 5.56 Å². The molecule has 0 unspecified atom stereocenters. The molecular weight excluding hydrogens is 392 g/mol. The minimum atomic E-state index is -0.200. The highest BCUT2D eigenvalue weighted by Crippen LogP contribution is 2.21. The number of thiophene rings is 1. The van der Waals surface area contributed by atoms with Crippen LogP contribution in [0.3, 0.4) is 0 Å². The Kier molecular flexibility index (Phi) is 4.60. The van der Waals surface area contributed by atoms with E-state index in [1.165, 1.54) is 6.07 Å². The summed E-state index contributed by atoms with van der Waals surface area (Å²) in [5, 5.41) is 4.71. The molecule has 0 spiro atoms. The van der Waals surface area contributed by atoms with E-state index in [0.717, 1.165) is 26.3 Å². The Hall–Kier alpha value is -1.93. The van der Waals surface area contributed by atoms with E-state index in [2.05, 4.69) is 26.0 Å². The average molecular weight is 409 g/mol. The standard InChI is InChI=1S/C16H17BrN4O2S/c1-9-13(10(2)21-14(18-9)6-15(22)19-21)5-16(23)20(3)7-12-4-11(17)8-24-12/h4,6,8H,5,7H2,1-3H3,(H,19,22). The van der Waals surface area contributed by atoms with Crippen LogP contribution in [0.1, 0.15) is 21.8 Å². The summed E-state index contributed by atoms with van der Waals surface area (Å²) >= 11 is 5.04. The predicted molar refractivity (Wildman–Crippen MR) is 97.5 cm³/mol.